The highest BCUT2D eigenvalue weighted by Crippen LogP contribution is 2.55. The average molecular weight is 378 g/mol. The summed E-state index contributed by atoms with van der Waals surface area (Å²) >= 11 is 6.28. The van der Waals surface area contributed by atoms with Gasteiger partial charge < -0.3 is 4.74 Å². The maximum atomic E-state index is 6.28. The molecule has 0 fully saturated rings. The summed E-state index contributed by atoms with van der Waals surface area (Å²) in [6, 6.07) is 28.6. The maximum absolute atomic E-state index is 6.28. The highest BCUT2D eigenvalue weighted by molar-refractivity contribution is 8.19. The summed E-state index contributed by atoms with van der Waals surface area (Å²) < 4.78 is 7.38. The Bertz CT molecular complexity index is 972. The number of para-hydroxylation sites is 1. The zero-order valence-corrected chi connectivity index (χ0v) is 16.2. The smallest absolute Gasteiger partial charge is 0.118 e. The molecule has 0 spiro atoms. The Morgan fingerprint density at radius 1 is 0.885 bits per heavy atom. The summed E-state index contributed by atoms with van der Waals surface area (Å²) in [4.78, 5) is 0. The van der Waals surface area contributed by atoms with E-state index in [0.717, 1.165) is 34.2 Å². The van der Waals surface area contributed by atoms with Crippen LogP contribution in [0, 0.1) is 0 Å². The molecule has 0 aliphatic carbocycles. The van der Waals surface area contributed by atoms with E-state index >= 15 is 0 Å². The van der Waals surface area contributed by atoms with Crippen molar-refractivity contribution >= 4 is 34.7 Å². The number of hydrogen-bond acceptors (Lipinski definition) is 3. The quantitative estimate of drug-likeness (QED) is 0.619. The number of hydrazone groups is 1. The van der Waals surface area contributed by atoms with E-state index in [1.54, 1.807) is 7.11 Å². The van der Waals surface area contributed by atoms with E-state index in [1.165, 1.54) is 0 Å². The Morgan fingerprint density at radius 3 is 2.12 bits per heavy atom. The number of ether oxygens (including phenoxy) is 1. The minimum Gasteiger partial charge on any atom is -0.497 e. The first kappa shape index (κ1) is 17.0. The van der Waals surface area contributed by atoms with Crippen molar-refractivity contribution in [1.29, 1.82) is 0 Å². The van der Waals surface area contributed by atoms with Gasteiger partial charge in [-0.3, -0.25) is 0 Å². The molecule has 0 N–H and O–H groups in total. The monoisotopic (exact) mass is 378 g/mol. The van der Waals surface area contributed by atoms with Gasteiger partial charge in [-0.2, -0.15) is 5.10 Å². The largest absolute Gasteiger partial charge is 0.497 e. The van der Waals surface area contributed by atoms with Crippen LogP contribution in [-0.2, 0) is 11.8 Å². The zero-order chi connectivity index (χ0) is 18.0. The number of hydrogen-bond donors (Lipinski definition) is 0. The van der Waals surface area contributed by atoms with E-state index in [9.17, 15) is 0 Å². The van der Waals surface area contributed by atoms with Crippen LogP contribution in [0.15, 0.2) is 90.0 Å². The Balaban J connectivity index is 1.81. The lowest BCUT2D eigenvalue weighted by Crippen LogP contribution is -2.19. The molecule has 0 aromatic heterocycles. The molecule has 26 heavy (non-hydrogen) atoms. The van der Waals surface area contributed by atoms with Crippen LogP contribution in [0.2, 0.25) is 0 Å². The second-order valence-electron chi connectivity index (χ2n) is 6.10. The van der Waals surface area contributed by atoms with Gasteiger partial charge in [0.15, 0.2) is 0 Å². The van der Waals surface area contributed by atoms with Crippen LogP contribution >= 0.6 is 6.19 Å². The van der Waals surface area contributed by atoms with E-state index in [-0.39, 0.29) is 0 Å². The van der Waals surface area contributed by atoms with Crippen molar-refractivity contribution in [3.05, 3.63) is 90.5 Å². The molecule has 1 unspecified atom stereocenters. The number of anilines is 1. The Hall–Kier alpha value is -2.42. The van der Waals surface area contributed by atoms with Gasteiger partial charge in [-0.25, -0.2) is 4.78 Å². The van der Waals surface area contributed by atoms with E-state index in [2.05, 4.69) is 41.2 Å². The molecule has 1 aliphatic rings. The van der Waals surface area contributed by atoms with Crippen molar-refractivity contribution in [2.45, 2.75) is 0 Å². The summed E-state index contributed by atoms with van der Waals surface area (Å²) in [5.41, 5.74) is 3.22. The minimum absolute atomic E-state index is 0.771. The lowest BCUT2D eigenvalue weighted by Gasteiger charge is -2.28. The number of benzene rings is 3. The molecule has 0 amide bonds. The third-order valence-corrected chi connectivity index (χ3v) is 8.70. The standard InChI is InChI=1S/C21H19N2OPS/c1-24-19-12-14-20(15-13-19)25(26)16-21(17-8-4-2-5-9-17)22-23(25)18-10-6-3-7-11-18/h2-15H,16H2,1H3. The first-order valence-electron chi connectivity index (χ1n) is 8.43. The molecule has 1 heterocycles. The van der Waals surface area contributed by atoms with E-state index < -0.39 is 6.19 Å². The van der Waals surface area contributed by atoms with E-state index in [0.29, 0.717) is 0 Å². The SMILES string of the molecule is COc1ccc(P2(=S)CC(c3ccccc3)=NN2c2ccccc2)cc1. The van der Waals surface area contributed by atoms with Crippen molar-refractivity contribution in [2.24, 2.45) is 5.10 Å². The fraction of sp³-hybridized carbons (Fsp3) is 0.0952. The highest BCUT2D eigenvalue weighted by atomic mass is 32.4. The maximum Gasteiger partial charge on any atom is 0.118 e. The van der Waals surface area contributed by atoms with Crippen molar-refractivity contribution < 1.29 is 4.74 Å². The molecular weight excluding hydrogens is 359 g/mol. The molecular formula is C21H19N2OPS. The molecule has 0 saturated heterocycles. The normalized spacial score (nSPS) is 19.3. The second-order valence-corrected chi connectivity index (χ2v) is 10.5. The van der Waals surface area contributed by atoms with Crippen molar-refractivity contribution in [1.82, 2.24) is 0 Å². The molecule has 3 nitrogen and oxygen atoms in total. The van der Waals surface area contributed by atoms with Gasteiger partial charge in [0, 0.05) is 11.5 Å². The van der Waals surface area contributed by atoms with Gasteiger partial charge in [0.05, 0.1) is 24.7 Å². The predicted molar refractivity (Wildman–Crippen MR) is 114 cm³/mol. The Labute approximate surface area is 159 Å². The van der Waals surface area contributed by atoms with E-state index in [1.807, 2.05) is 48.5 Å². The number of methoxy groups -OCH3 is 1. The third kappa shape index (κ3) is 3.07. The van der Waals surface area contributed by atoms with Gasteiger partial charge in [-0.05, 0) is 42.0 Å². The predicted octanol–water partition coefficient (Wildman–Crippen LogP) is 4.64. The fourth-order valence-corrected chi connectivity index (χ4v) is 6.77. The summed E-state index contributed by atoms with van der Waals surface area (Å²) in [6.07, 6.45) is -1.33. The summed E-state index contributed by atoms with van der Waals surface area (Å²) in [7, 11) is 1.68. The topological polar surface area (TPSA) is 24.8 Å². The molecule has 0 bridgehead atoms. The molecule has 3 aromatic carbocycles. The molecule has 1 atom stereocenters. The van der Waals surface area contributed by atoms with Crippen molar-refractivity contribution in [2.75, 3.05) is 18.1 Å². The van der Waals surface area contributed by atoms with Crippen molar-refractivity contribution in [3.8, 4) is 5.75 Å². The number of nitrogens with zero attached hydrogens (tertiary/aromatic N) is 2. The van der Waals surface area contributed by atoms with Crippen LogP contribution in [0.4, 0.5) is 5.69 Å². The molecule has 3 aromatic rings. The van der Waals surface area contributed by atoms with Gasteiger partial charge in [0.1, 0.15) is 5.75 Å². The Morgan fingerprint density at radius 2 is 1.50 bits per heavy atom. The van der Waals surface area contributed by atoms with Gasteiger partial charge in [0.2, 0.25) is 0 Å². The first-order valence-corrected chi connectivity index (χ1v) is 11.4. The molecule has 0 radical (unpaired) electrons. The summed E-state index contributed by atoms with van der Waals surface area (Å²) in [5, 5.41) is 6.11. The molecule has 5 heteroatoms. The van der Waals surface area contributed by atoms with Crippen LogP contribution in [-0.4, -0.2) is 19.0 Å². The zero-order valence-electron chi connectivity index (χ0n) is 14.4. The fourth-order valence-electron chi connectivity index (χ4n) is 3.09. The van der Waals surface area contributed by atoms with Gasteiger partial charge in [-0.1, -0.05) is 60.3 Å². The van der Waals surface area contributed by atoms with Gasteiger partial charge >= 0.3 is 0 Å². The molecule has 0 saturated carbocycles. The minimum atomic E-state index is -2.10. The molecule has 4 rings (SSSR count). The summed E-state index contributed by atoms with van der Waals surface area (Å²) in [6.45, 7) is 0. The van der Waals surface area contributed by atoms with Crippen LogP contribution in [0.3, 0.4) is 0 Å². The average Bonchev–Trinajstić information content (AvgIpc) is 3.08. The number of rotatable bonds is 4. The third-order valence-electron chi connectivity index (χ3n) is 4.46. The lowest BCUT2D eigenvalue weighted by molar-refractivity contribution is 0.415. The molecule has 130 valence electrons. The Kier molecular flexibility index (Phi) is 4.62. The summed E-state index contributed by atoms with van der Waals surface area (Å²) in [5.74, 6) is 0.838. The first-order chi connectivity index (χ1) is 12.7. The van der Waals surface area contributed by atoms with Crippen LogP contribution in [0.25, 0.3) is 0 Å². The molecule has 1 aliphatic heterocycles. The lowest BCUT2D eigenvalue weighted by atomic mass is 10.1. The van der Waals surface area contributed by atoms with Crippen LogP contribution in [0.5, 0.6) is 5.75 Å². The second kappa shape index (κ2) is 7.06. The van der Waals surface area contributed by atoms with E-state index in [4.69, 9.17) is 21.6 Å². The van der Waals surface area contributed by atoms with Crippen LogP contribution in [0.1, 0.15) is 5.56 Å². The van der Waals surface area contributed by atoms with Crippen molar-refractivity contribution in [3.63, 3.8) is 0 Å². The highest BCUT2D eigenvalue weighted by Gasteiger charge is 2.36. The van der Waals surface area contributed by atoms with Gasteiger partial charge in [0.25, 0.3) is 0 Å². The van der Waals surface area contributed by atoms with Crippen LogP contribution < -0.4 is 14.8 Å². The van der Waals surface area contributed by atoms with Gasteiger partial charge in [-0.15, -0.1) is 0 Å².